The summed E-state index contributed by atoms with van der Waals surface area (Å²) in [5.41, 5.74) is 6.34. The van der Waals surface area contributed by atoms with Crippen LogP contribution in [0.2, 0.25) is 0 Å². The van der Waals surface area contributed by atoms with Gasteiger partial charge < -0.3 is 15.5 Å². The Morgan fingerprint density at radius 3 is 2.90 bits per heavy atom. The highest BCUT2D eigenvalue weighted by molar-refractivity contribution is 7.10. The van der Waals surface area contributed by atoms with Crippen LogP contribution in [0.5, 0.6) is 0 Å². The summed E-state index contributed by atoms with van der Waals surface area (Å²) >= 11 is 1.64. The number of likely N-dealkylation sites (tertiary alicyclic amines) is 1. The molecule has 1 saturated heterocycles. The van der Waals surface area contributed by atoms with E-state index >= 15 is 0 Å². The van der Waals surface area contributed by atoms with Crippen LogP contribution >= 0.6 is 11.3 Å². The van der Waals surface area contributed by atoms with Crippen molar-refractivity contribution in [2.45, 2.75) is 25.8 Å². The van der Waals surface area contributed by atoms with Crippen LogP contribution in [0.3, 0.4) is 0 Å². The lowest BCUT2D eigenvalue weighted by molar-refractivity contribution is 0.151. The Kier molecular flexibility index (Phi) is 5.45. The lowest BCUT2D eigenvalue weighted by Crippen LogP contribution is -2.43. The minimum atomic E-state index is 0.132. The van der Waals surface area contributed by atoms with E-state index in [-0.39, 0.29) is 6.03 Å². The molecule has 1 aliphatic rings. The molecule has 1 aromatic heterocycles. The van der Waals surface area contributed by atoms with E-state index in [0.717, 1.165) is 36.4 Å². The average Bonchev–Trinajstić information content (AvgIpc) is 2.92. The number of nitrogens with zero attached hydrogens (tertiary/aromatic N) is 2. The van der Waals surface area contributed by atoms with Crippen LogP contribution in [-0.2, 0) is 6.54 Å². The first-order chi connectivity index (χ1) is 9.70. The highest BCUT2D eigenvalue weighted by Gasteiger charge is 2.20. The zero-order valence-corrected chi connectivity index (χ0v) is 12.7. The van der Waals surface area contributed by atoms with Crippen LogP contribution < -0.4 is 5.73 Å². The van der Waals surface area contributed by atoms with Crippen LogP contribution in [0.15, 0.2) is 11.4 Å². The van der Waals surface area contributed by atoms with Crippen LogP contribution in [-0.4, -0.2) is 42.5 Å². The third-order valence-electron chi connectivity index (χ3n) is 3.33. The number of rotatable bonds is 2. The summed E-state index contributed by atoms with van der Waals surface area (Å²) in [6, 6.07) is 2.17. The van der Waals surface area contributed by atoms with Crippen LogP contribution in [0.25, 0.3) is 0 Å². The molecule has 0 bridgehead atoms. The topological polar surface area (TPSA) is 49.6 Å². The van der Waals surface area contributed by atoms with Crippen molar-refractivity contribution in [3.8, 4) is 11.8 Å². The summed E-state index contributed by atoms with van der Waals surface area (Å²) in [5, 5.41) is 2.01. The fraction of sp³-hybridized carbons (Fsp3) is 0.533. The van der Waals surface area contributed by atoms with E-state index in [0.29, 0.717) is 13.1 Å². The predicted octanol–water partition coefficient (Wildman–Crippen LogP) is 2.10. The van der Waals surface area contributed by atoms with Crippen molar-refractivity contribution in [2.75, 3.05) is 26.7 Å². The molecule has 0 radical (unpaired) electrons. The number of carbonyl (C=O) groups is 1. The Bertz CT molecular complexity index is 509. The molecule has 2 heterocycles. The number of hydrogen-bond donors (Lipinski definition) is 1. The Morgan fingerprint density at radius 1 is 1.45 bits per heavy atom. The molecule has 2 rings (SSSR count). The molecule has 4 nitrogen and oxygen atoms in total. The normalized spacial score (nSPS) is 14.6. The van der Waals surface area contributed by atoms with Gasteiger partial charge in [-0.3, -0.25) is 0 Å². The molecule has 2 amide bonds. The van der Waals surface area contributed by atoms with Crippen molar-refractivity contribution in [1.29, 1.82) is 0 Å². The molecule has 0 aromatic carbocycles. The van der Waals surface area contributed by atoms with Gasteiger partial charge in [-0.25, -0.2) is 4.79 Å². The van der Waals surface area contributed by atoms with Gasteiger partial charge in [0.2, 0.25) is 0 Å². The number of amides is 2. The number of hydrogen-bond acceptors (Lipinski definition) is 3. The van der Waals surface area contributed by atoms with Crippen molar-refractivity contribution < 1.29 is 4.79 Å². The summed E-state index contributed by atoms with van der Waals surface area (Å²) in [6.45, 7) is 2.80. The Morgan fingerprint density at radius 2 is 2.20 bits per heavy atom. The van der Waals surface area contributed by atoms with E-state index in [1.165, 1.54) is 6.42 Å². The molecule has 1 aliphatic heterocycles. The summed E-state index contributed by atoms with van der Waals surface area (Å²) in [5.74, 6) is 5.85. The minimum Gasteiger partial charge on any atom is -0.325 e. The fourth-order valence-corrected chi connectivity index (χ4v) is 3.18. The van der Waals surface area contributed by atoms with Crippen molar-refractivity contribution in [2.24, 2.45) is 5.73 Å². The molecule has 5 heteroatoms. The van der Waals surface area contributed by atoms with Gasteiger partial charge in [-0.05, 0) is 25.3 Å². The Hall–Kier alpha value is -1.51. The smallest absolute Gasteiger partial charge is 0.320 e. The van der Waals surface area contributed by atoms with Crippen molar-refractivity contribution in [1.82, 2.24) is 9.80 Å². The van der Waals surface area contributed by atoms with Crippen molar-refractivity contribution in [3.05, 3.63) is 21.9 Å². The van der Waals surface area contributed by atoms with E-state index in [4.69, 9.17) is 5.73 Å². The predicted molar refractivity (Wildman–Crippen MR) is 82.5 cm³/mol. The maximum Gasteiger partial charge on any atom is 0.320 e. The largest absolute Gasteiger partial charge is 0.325 e. The molecule has 108 valence electrons. The SMILES string of the molecule is CN(Cc1cc(C#CCN)cs1)C(=O)N1CCCCC1. The maximum atomic E-state index is 12.3. The first-order valence-corrected chi connectivity index (χ1v) is 7.85. The molecular formula is C15H21N3OS. The Balaban J connectivity index is 1.91. The van der Waals surface area contributed by atoms with Crippen LogP contribution in [0.4, 0.5) is 4.79 Å². The van der Waals surface area contributed by atoms with Gasteiger partial charge in [-0.2, -0.15) is 0 Å². The van der Waals surface area contributed by atoms with Crippen molar-refractivity contribution in [3.63, 3.8) is 0 Å². The lowest BCUT2D eigenvalue weighted by Gasteiger charge is -2.30. The third kappa shape index (κ3) is 3.99. The third-order valence-corrected chi connectivity index (χ3v) is 4.26. The van der Waals surface area contributed by atoms with E-state index in [2.05, 4.69) is 11.8 Å². The van der Waals surface area contributed by atoms with Gasteiger partial charge in [0.15, 0.2) is 0 Å². The first-order valence-electron chi connectivity index (χ1n) is 6.97. The van der Waals surface area contributed by atoms with Gasteiger partial charge in [0.1, 0.15) is 0 Å². The average molecular weight is 291 g/mol. The number of thiophene rings is 1. The fourth-order valence-electron chi connectivity index (χ4n) is 2.31. The number of carbonyl (C=O) groups excluding carboxylic acids is 1. The summed E-state index contributed by atoms with van der Waals surface area (Å²) in [4.78, 5) is 17.2. The highest BCUT2D eigenvalue weighted by atomic mass is 32.1. The molecular weight excluding hydrogens is 270 g/mol. The number of piperidine rings is 1. The standard InChI is InChI=1S/C15H21N3OS/c1-17(15(19)18-8-3-2-4-9-18)11-14-10-13(12-20-14)6-5-7-16/h10,12H,2-4,7-9,11,16H2,1H3. The zero-order chi connectivity index (χ0) is 14.4. The summed E-state index contributed by atoms with van der Waals surface area (Å²) < 4.78 is 0. The quantitative estimate of drug-likeness (QED) is 0.848. The van der Waals surface area contributed by atoms with E-state index in [1.54, 1.807) is 16.2 Å². The van der Waals surface area contributed by atoms with Crippen molar-refractivity contribution >= 4 is 17.4 Å². The van der Waals surface area contributed by atoms with Gasteiger partial charge in [0.25, 0.3) is 0 Å². The second-order valence-corrected chi connectivity index (χ2v) is 5.99. The van der Waals surface area contributed by atoms with Crippen LogP contribution in [0, 0.1) is 11.8 Å². The number of nitrogens with two attached hydrogens (primary N) is 1. The molecule has 2 N–H and O–H groups in total. The van der Waals surface area contributed by atoms with Gasteiger partial charge in [0.05, 0.1) is 13.1 Å². The molecule has 0 aliphatic carbocycles. The Labute approximate surface area is 124 Å². The monoisotopic (exact) mass is 291 g/mol. The van der Waals surface area contributed by atoms with Crippen LogP contribution in [0.1, 0.15) is 29.7 Å². The molecule has 0 atom stereocenters. The van der Waals surface area contributed by atoms with Gasteiger partial charge in [-0.1, -0.05) is 11.8 Å². The van der Waals surface area contributed by atoms with Gasteiger partial charge in [-0.15, -0.1) is 11.3 Å². The lowest BCUT2D eigenvalue weighted by atomic mass is 10.1. The molecule has 0 saturated carbocycles. The van der Waals surface area contributed by atoms with E-state index in [1.807, 2.05) is 23.4 Å². The van der Waals surface area contributed by atoms with Gasteiger partial charge in [0, 0.05) is 36.0 Å². The summed E-state index contributed by atoms with van der Waals surface area (Å²) in [7, 11) is 1.86. The molecule has 0 spiro atoms. The molecule has 1 aromatic rings. The minimum absolute atomic E-state index is 0.132. The summed E-state index contributed by atoms with van der Waals surface area (Å²) in [6.07, 6.45) is 3.48. The molecule has 0 unspecified atom stereocenters. The van der Waals surface area contributed by atoms with E-state index in [9.17, 15) is 4.79 Å². The zero-order valence-electron chi connectivity index (χ0n) is 11.9. The second-order valence-electron chi connectivity index (χ2n) is 4.99. The molecule has 1 fully saturated rings. The number of urea groups is 1. The second kappa shape index (κ2) is 7.32. The molecule has 20 heavy (non-hydrogen) atoms. The van der Waals surface area contributed by atoms with Gasteiger partial charge >= 0.3 is 6.03 Å². The maximum absolute atomic E-state index is 12.3. The first kappa shape index (κ1) is 14.9. The highest BCUT2D eigenvalue weighted by Crippen LogP contribution is 2.17. The van der Waals surface area contributed by atoms with E-state index < -0.39 is 0 Å².